The van der Waals surface area contributed by atoms with Crippen LogP contribution in [0.1, 0.15) is 6.92 Å². The van der Waals surface area contributed by atoms with Crippen LogP contribution in [0.15, 0.2) is 28.7 Å². The Morgan fingerprint density at radius 3 is 2.75 bits per heavy atom. The Morgan fingerprint density at radius 2 is 2.25 bits per heavy atom. The van der Waals surface area contributed by atoms with E-state index in [2.05, 4.69) is 15.9 Å². The molecule has 0 aliphatic carbocycles. The molecule has 0 spiro atoms. The minimum Gasteiger partial charge on any atom is -0.272 e. The van der Waals surface area contributed by atoms with Gasteiger partial charge in [0.15, 0.2) is 0 Å². The van der Waals surface area contributed by atoms with Crippen molar-refractivity contribution in [3.8, 4) is 0 Å². The summed E-state index contributed by atoms with van der Waals surface area (Å²) in [6, 6.07) is 6.47. The molecule has 1 aromatic carbocycles. The number of carbonyl (C=O) groups excluding carboxylic acids is 1. The highest BCUT2D eigenvalue weighted by atomic mass is 79.9. The van der Waals surface area contributed by atoms with E-state index in [4.69, 9.17) is 0 Å². The van der Waals surface area contributed by atoms with Crippen LogP contribution in [0.25, 0.3) is 0 Å². The van der Waals surface area contributed by atoms with Gasteiger partial charge in [-0.1, -0.05) is 26.5 Å². The number of amides is 1. The first-order valence-corrected chi connectivity index (χ1v) is 4.12. The maximum absolute atomic E-state index is 12.9. The first-order chi connectivity index (χ1) is 5.61. The van der Waals surface area contributed by atoms with Gasteiger partial charge in [0.05, 0.1) is 5.69 Å². The van der Waals surface area contributed by atoms with Crippen molar-refractivity contribution in [2.24, 2.45) is 0 Å². The molecule has 0 saturated carbocycles. The third-order valence-electron chi connectivity index (χ3n) is 1.31. The molecule has 0 unspecified atom stereocenters. The number of anilines is 1. The summed E-state index contributed by atoms with van der Waals surface area (Å²) in [7, 11) is 0. The quantitative estimate of drug-likeness (QED) is 0.681. The molecule has 0 bridgehead atoms. The Kier molecular flexibility index (Phi) is 2.81. The summed E-state index contributed by atoms with van der Waals surface area (Å²) in [5, 5.41) is 0.102. The van der Waals surface area contributed by atoms with Crippen LogP contribution in [0, 0.1) is 0 Å². The summed E-state index contributed by atoms with van der Waals surface area (Å²) in [6.45, 7) is 1.17. The van der Waals surface area contributed by atoms with Crippen LogP contribution in [0.5, 0.6) is 0 Å². The smallest absolute Gasteiger partial charge is 0.251 e. The molecule has 12 heavy (non-hydrogen) atoms. The topological polar surface area (TPSA) is 20.3 Å². The number of benzene rings is 1. The van der Waals surface area contributed by atoms with Crippen molar-refractivity contribution >= 4 is 27.5 Å². The van der Waals surface area contributed by atoms with E-state index in [1.807, 2.05) is 0 Å². The van der Waals surface area contributed by atoms with E-state index >= 15 is 0 Å². The minimum atomic E-state index is -0.631. The standard InChI is InChI=1S/C8H7BrFNO/c1-6(12)11(10)8-4-2-3-7(9)5-8/h2-5H,1H3. The van der Waals surface area contributed by atoms with Crippen LogP contribution in [0.3, 0.4) is 0 Å². The number of nitrogens with zero attached hydrogens (tertiary/aromatic N) is 1. The predicted molar refractivity (Wildman–Crippen MR) is 48.4 cm³/mol. The van der Waals surface area contributed by atoms with Crippen LogP contribution in [0.4, 0.5) is 10.2 Å². The van der Waals surface area contributed by atoms with Gasteiger partial charge in [-0.05, 0) is 18.2 Å². The van der Waals surface area contributed by atoms with Gasteiger partial charge in [-0.25, -0.2) is 0 Å². The minimum absolute atomic E-state index is 0.102. The zero-order valence-corrected chi connectivity index (χ0v) is 8.01. The third-order valence-corrected chi connectivity index (χ3v) is 1.80. The zero-order valence-electron chi connectivity index (χ0n) is 6.42. The molecule has 64 valence electrons. The average molecular weight is 232 g/mol. The molecule has 1 aromatic rings. The first-order valence-electron chi connectivity index (χ1n) is 3.33. The lowest BCUT2D eigenvalue weighted by Crippen LogP contribution is -2.17. The molecule has 0 saturated heterocycles. The lowest BCUT2D eigenvalue weighted by Gasteiger charge is -2.08. The maximum atomic E-state index is 12.9. The van der Waals surface area contributed by atoms with Gasteiger partial charge < -0.3 is 0 Å². The lowest BCUT2D eigenvalue weighted by atomic mass is 10.3. The predicted octanol–water partition coefficient (Wildman–Crippen LogP) is 2.69. The Labute approximate surface area is 78.1 Å². The fraction of sp³-hybridized carbons (Fsp3) is 0.125. The molecule has 0 aromatic heterocycles. The molecular weight excluding hydrogens is 225 g/mol. The Hall–Kier alpha value is -0.900. The van der Waals surface area contributed by atoms with Crippen LogP contribution in [-0.4, -0.2) is 5.91 Å². The highest BCUT2D eigenvalue weighted by molar-refractivity contribution is 9.10. The molecule has 0 aliphatic heterocycles. The van der Waals surface area contributed by atoms with E-state index < -0.39 is 5.91 Å². The molecule has 2 nitrogen and oxygen atoms in total. The van der Waals surface area contributed by atoms with Crippen LogP contribution in [0.2, 0.25) is 0 Å². The molecule has 0 atom stereocenters. The Balaban J connectivity index is 2.95. The number of hydrogen-bond acceptors (Lipinski definition) is 1. The molecule has 0 radical (unpaired) electrons. The fourth-order valence-electron chi connectivity index (χ4n) is 0.780. The van der Waals surface area contributed by atoms with Crippen molar-refractivity contribution in [3.05, 3.63) is 28.7 Å². The number of rotatable bonds is 1. The summed E-state index contributed by atoms with van der Waals surface area (Å²) < 4.78 is 13.6. The highest BCUT2D eigenvalue weighted by Crippen LogP contribution is 2.19. The van der Waals surface area contributed by atoms with Crippen molar-refractivity contribution in [1.29, 1.82) is 0 Å². The van der Waals surface area contributed by atoms with Gasteiger partial charge in [-0.2, -0.15) is 0 Å². The average Bonchev–Trinajstić information content (AvgIpc) is 2.03. The zero-order chi connectivity index (χ0) is 9.14. The van der Waals surface area contributed by atoms with Crippen molar-refractivity contribution in [1.82, 2.24) is 0 Å². The molecule has 1 rings (SSSR count). The van der Waals surface area contributed by atoms with E-state index in [0.29, 0.717) is 0 Å². The maximum Gasteiger partial charge on any atom is 0.251 e. The van der Waals surface area contributed by atoms with Gasteiger partial charge >= 0.3 is 0 Å². The second kappa shape index (κ2) is 3.67. The largest absolute Gasteiger partial charge is 0.272 e. The number of hydrogen-bond donors (Lipinski definition) is 0. The second-order valence-electron chi connectivity index (χ2n) is 2.28. The molecule has 0 heterocycles. The van der Waals surface area contributed by atoms with Crippen LogP contribution in [-0.2, 0) is 4.79 Å². The Morgan fingerprint density at radius 1 is 1.58 bits per heavy atom. The summed E-state index contributed by atoms with van der Waals surface area (Å²) in [5.41, 5.74) is 0.233. The molecule has 0 N–H and O–H groups in total. The number of halogens is 2. The van der Waals surface area contributed by atoms with Crippen molar-refractivity contribution < 1.29 is 9.28 Å². The van der Waals surface area contributed by atoms with Crippen molar-refractivity contribution in [3.63, 3.8) is 0 Å². The van der Waals surface area contributed by atoms with Gasteiger partial charge in [0.2, 0.25) is 0 Å². The third kappa shape index (κ3) is 2.04. The molecule has 4 heteroatoms. The first kappa shape index (κ1) is 9.19. The summed E-state index contributed by atoms with van der Waals surface area (Å²) >= 11 is 3.17. The van der Waals surface area contributed by atoms with Crippen LogP contribution < -0.4 is 5.12 Å². The second-order valence-corrected chi connectivity index (χ2v) is 3.20. The summed E-state index contributed by atoms with van der Waals surface area (Å²) in [5.74, 6) is -0.631. The SMILES string of the molecule is CC(=O)N(F)c1cccc(Br)c1. The van der Waals surface area contributed by atoms with Crippen molar-refractivity contribution in [2.75, 3.05) is 5.12 Å². The molecule has 0 aliphatic rings. The summed E-state index contributed by atoms with van der Waals surface area (Å²) in [4.78, 5) is 10.6. The highest BCUT2D eigenvalue weighted by Gasteiger charge is 2.09. The van der Waals surface area contributed by atoms with Crippen LogP contribution >= 0.6 is 15.9 Å². The van der Waals surface area contributed by atoms with E-state index in [1.165, 1.54) is 19.1 Å². The number of carbonyl (C=O) groups is 1. The molecule has 1 amide bonds. The van der Waals surface area contributed by atoms with E-state index in [9.17, 15) is 9.28 Å². The van der Waals surface area contributed by atoms with E-state index in [-0.39, 0.29) is 10.8 Å². The van der Waals surface area contributed by atoms with Gasteiger partial charge in [-0.15, -0.1) is 5.12 Å². The normalized spacial score (nSPS) is 9.58. The Bertz CT molecular complexity index is 303. The summed E-state index contributed by atoms with van der Waals surface area (Å²) in [6.07, 6.45) is 0. The lowest BCUT2D eigenvalue weighted by molar-refractivity contribution is -0.119. The molecule has 0 fully saturated rings. The molecular formula is C8H7BrFNO. The van der Waals surface area contributed by atoms with Gasteiger partial charge in [0.25, 0.3) is 5.91 Å². The van der Waals surface area contributed by atoms with Gasteiger partial charge in [0.1, 0.15) is 0 Å². The van der Waals surface area contributed by atoms with Gasteiger partial charge in [0, 0.05) is 11.4 Å². The van der Waals surface area contributed by atoms with E-state index in [1.54, 1.807) is 12.1 Å². The van der Waals surface area contributed by atoms with Crippen molar-refractivity contribution in [2.45, 2.75) is 6.92 Å². The van der Waals surface area contributed by atoms with E-state index in [0.717, 1.165) is 4.47 Å². The fourth-order valence-corrected chi connectivity index (χ4v) is 1.17. The van der Waals surface area contributed by atoms with Gasteiger partial charge in [-0.3, -0.25) is 4.79 Å². The monoisotopic (exact) mass is 231 g/mol.